The van der Waals surface area contributed by atoms with E-state index in [9.17, 15) is 0 Å². The average molecular weight is 451 g/mol. The van der Waals surface area contributed by atoms with E-state index in [1.165, 1.54) is 0 Å². The number of hydrogen-bond donors (Lipinski definition) is 0. The fourth-order valence-corrected chi connectivity index (χ4v) is 4.42. The van der Waals surface area contributed by atoms with E-state index in [2.05, 4.69) is 0 Å². The summed E-state index contributed by atoms with van der Waals surface area (Å²) in [4.78, 5) is 0. The maximum Gasteiger partial charge on any atom is 0.214 e. The van der Waals surface area contributed by atoms with Crippen LogP contribution < -0.4 is 18.9 Å². The molecule has 0 aliphatic carbocycles. The second-order valence-corrected chi connectivity index (χ2v) is 8.08. The number of methoxy groups -OCH3 is 3. The van der Waals surface area contributed by atoms with Gasteiger partial charge in [-0.2, -0.15) is 5.10 Å². The zero-order valence-electron chi connectivity index (χ0n) is 18.0. The molecule has 0 N–H and O–H groups in total. The summed E-state index contributed by atoms with van der Waals surface area (Å²) < 4.78 is 22.6. The fraction of sp³-hybridized carbons (Fsp3) is 0.240. The van der Waals surface area contributed by atoms with Crippen molar-refractivity contribution < 1.29 is 18.9 Å². The van der Waals surface area contributed by atoms with E-state index in [-0.39, 0.29) is 6.04 Å². The molecule has 6 nitrogen and oxygen atoms in total. The molecule has 0 saturated carbocycles. The quantitative estimate of drug-likeness (QED) is 0.505. The van der Waals surface area contributed by atoms with Crippen molar-refractivity contribution in [3.05, 3.63) is 82.4 Å². The molecule has 2 aliphatic rings. The van der Waals surface area contributed by atoms with Gasteiger partial charge in [0.2, 0.25) is 6.23 Å². The van der Waals surface area contributed by atoms with Gasteiger partial charge in [0.05, 0.1) is 33.1 Å². The average Bonchev–Trinajstić information content (AvgIpc) is 3.29. The smallest absolute Gasteiger partial charge is 0.214 e. The highest BCUT2D eigenvalue weighted by Gasteiger charge is 2.41. The van der Waals surface area contributed by atoms with Gasteiger partial charge in [-0.15, -0.1) is 0 Å². The summed E-state index contributed by atoms with van der Waals surface area (Å²) in [6, 6.07) is 19.5. The molecule has 2 heterocycles. The number of hydrazone groups is 1. The minimum atomic E-state index is -0.413. The molecule has 2 aliphatic heterocycles. The molecule has 0 saturated heterocycles. The highest BCUT2D eigenvalue weighted by molar-refractivity contribution is 6.30. The summed E-state index contributed by atoms with van der Waals surface area (Å²) in [7, 11) is 4.91. The normalized spacial score (nSPS) is 18.9. The molecule has 3 aromatic rings. The van der Waals surface area contributed by atoms with Crippen LogP contribution in [-0.2, 0) is 0 Å². The van der Waals surface area contributed by atoms with Gasteiger partial charge in [-0.1, -0.05) is 11.6 Å². The van der Waals surface area contributed by atoms with Gasteiger partial charge in [0.1, 0.15) is 11.5 Å². The van der Waals surface area contributed by atoms with Gasteiger partial charge in [-0.25, -0.2) is 5.01 Å². The van der Waals surface area contributed by atoms with Crippen LogP contribution in [0.1, 0.15) is 35.4 Å². The van der Waals surface area contributed by atoms with Gasteiger partial charge in [0.15, 0.2) is 11.5 Å². The van der Waals surface area contributed by atoms with Gasteiger partial charge in [-0.05, 0) is 66.2 Å². The first-order valence-corrected chi connectivity index (χ1v) is 10.7. The third-order valence-corrected chi connectivity index (χ3v) is 6.10. The third-order valence-electron chi connectivity index (χ3n) is 5.87. The number of halogens is 1. The first-order valence-electron chi connectivity index (χ1n) is 10.3. The van der Waals surface area contributed by atoms with Crippen molar-refractivity contribution in [2.75, 3.05) is 21.3 Å². The first kappa shape index (κ1) is 20.5. The summed E-state index contributed by atoms with van der Waals surface area (Å²) in [6.07, 6.45) is 0.330. The largest absolute Gasteiger partial charge is 0.497 e. The fourth-order valence-electron chi connectivity index (χ4n) is 4.24. The maximum absolute atomic E-state index is 6.42. The number of ether oxygens (including phenoxy) is 4. The molecular formula is C25H23ClN2O4. The Morgan fingerprint density at radius 3 is 2.41 bits per heavy atom. The van der Waals surface area contributed by atoms with Crippen LogP contribution >= 0.6 is 11.6 Å². The Hall–Kier alpha value is -3.38. The Kier molecular flexibility index (Phi) is 5.31. The Bertz CT molecular complexity index is 1180. The van der Waals surface area contributed by atoms with Crippen LogP contribution in [0.5, 0.6) is 23.0 Å². The first-order chi connectivity index (χ1) is 15.6. The molecule has 0 fully saturated rings. The highest BCUT2D eigenvalue weighted by Crippen LogP contribution is 2.49. The van der Waals surface area contributed by atoms with Crippen molar-refractivity contribution in [3.63, 3.8) is 0 Å². The second kappa shape index (κ2) is 8.28. The van der Waals surface area contributed by atoms with E-state index in [0.717, 1.165) is 40.3 Å². The lowest BCUT2D eigenvalue weighted by Crippen LogP contribution is -2.33. The zero-order valence-corrected chi connectivity index (χ0v) is 18.8. The number of fused-ring (bicyclic) bond motifs is 3. The minimum absolute atomic E-state index is 0.00708. The van der Waals surface area contributed by atoms with Gasteiger partial charge < -0.3 is 18.9 Å². The molecule has 0 radical (unpaired) electrons. The number of nitrogens with zero attached hydrogens (tertiary/aromatic N) is 2. The molecule has 0 bridgehead atoms. The third kappa shape index (κ3) is 3.50. The van der Waals surface area contributed by atoms with Crippen molar-refractivity contribution in [2.45, 2.75) is 18.7 Å². The van der Waals surface area contributed by atoms with Gasteiger partial charge in [0.25, 0.3) is 0 Å². The number of rotatable bonds is 5. The van der Waals surface area contributed by atoms with Gasteiger partial charge >= 0.3 is 0 Å². The van der Waals surface area contributed by atoms with Crippen LogP contribution in [0.3, 0.4) is 0 Å². The van der Waals surface area contributed by atoms with Crippen molar-refractivity contribution in [1.29, 1.82) is 0 Å². The van der Waals surface area contributed by atoms with E-state index in [1.807, 2.05) is 65.7 Å². The summed E-state index contributed by atoms with van der Waals surface area (Å²) in [5.74, 6) is 2.93. The molecule has 7 heteroatoms. The summed E-state index contributed by atoms with van der Waals surface area (Å²) >= 11 is 6.32. The minimum Gasteiger partial charge on any atom is -0.497 e. The van der Waals surface area contributed by atoms with Crippen LogP contribution in [0.15, 0.2) is 65.8 Å². The second-order valence-electron chi connectivity index (χ2n) is 7.64. The van der Waals surface area contributed by atoms with Gasteiger partial charge in [0, 0.05) is 22.6 Å². The van der Waals surface area contributed by atoms with Gasteiger partial charge in [-0.3, -0.25) is 0 Å². The van der Waals surface area contributed by atoms with E-state index >= 15 is 0 Å². The maximum atomic E-state index is 6.42. The van der Waals surface area contributed by atoms with E-state index in [4.69, 9.17) is 35.6 Å². The molecular weight excluding hydrogens is 428 g/mol. The van der Waals surface area contributed by atoms with E-state index < -0.39 is 6.23 Å². The van der Waals surface area contributed by atoms with Crippen LogP contribution in [0.4, 0.5) is 0 Å². The Balaban J connectivity index is 1.58. The van der Waals surface area contributed by atoms with E-state index in [1.54, 1.807) is 21.3 Å². The molecule has 3 aromatic carbocycles. The summed E-state index contributed by atoms with van der Waals surface area (Å²) in [5, 5.41) is 7.68. The van der Waals surface area contributed by atoms with Crippen molar-refractivity contribution in [3.8, 4) is 23.0 Å². The van der Waals surface area contributed by atoms with Crippen LogP contribution in [0.2, 0.25) is 5.02 Å². The van der Waals surface area contributed by atoms with Crippen molar-refractivity contribution >= 4 is 17.3 Å². The monoisotopic (exact) mass is 450 g/mol. The standard InChI is InChI=1S/C25H23ClN2O4/c1-29-18-8-4-15(5-9-18)20-14-21-19-13-17(26)7-11-22(19)32-25(28(21)27-20)16-6-10-23(30-2)24(12-16)31-3/h4-13,21,25H,14H2,1-3H3/t21-,25+/m1/s1. The lowest BCUT2D eigenvalue weighted by molar-refractivity contribution is -0.0191. The molecule has 0 spiro atoms. The predicted octanol–water partition coefficient (Wildman–Crippen LogP) is 5.61. The molecule has 0 aromatic heterocycles. The molecule has 32 heavy (non-hydrogen) atoms. The SMILES string of the molecule is COc1ccc(C2=NN3[C@H](C2)c2cc(Cl)ccc2O[C@H]3c2ccc(OC)c(OC)c2)cc1. The summed E-state index contributed by atoms with van der Waals surface area (Å²) in [6.45, 7) is 0. The van der Waals surface area contributed by atoms with Crippen LogP contribution in [0.25, 0.3) is 0 Å². The zero-order chi connectivity index (χ0) is 22.2. The highest BCUT2D eigenvalue weighted by atomic mass is 35.5. The van der Waals surface area contributed by atoms with Crippen molar-refractivity contribution in [1.82, 2.24) is 5.01 Å². The van der Waals surface area contributed by atoms with Crippen LogP contribution in [0, 0.1) is 0 Å². The van der Waals surface area contributed by atoms with Crippen LogP contribution in [-0.4, -0.2) is 32.0 Å². The Labute approximate surface area is 191 Å². The van der Waals surface area contributed by atoms with Crippen molar-refractivity contribution in [2.24, 2.45) is 5.10 Å². The molecule has 2 atom stereocenters. The van der Waals surface area contributed by atoms with E-state index in [0.29, 0.717) is 16.5 Å². The number of benzene rings is 3. The molecule has 0 amide bonds. The topological polar surface area (TPSA) is 52.5 Å². The number of hydrogen-bond acceptors (Lipinski definition) is 6. The molecule has 5 rings (SSSR count). The summed E-state index contributed by atoms with van der Waals surface area (Å²) in [5.41, 5.74) is 3.99. The molecule has 0 unspecified atom stereocenters. The lowest BCUT2D eigenvalue weighted by atomic mass is 9.96. The lowest BCUT2D eigenvalue weighted by Gasteiger charge is -2.38. The molecule has 164 valence electrons. The Morgan fingerprint density at radius 1 is 0.906 bits per heavy atom. The Morgan fingerprint density at radius 2 is 1.69 bits per heavy atom. The predicted molar refractivity (Wildman–Crippen MR) is 123 cm³/mol.